The van der Waals surface area contributed by atoms with E-state index in [0.29, 0.717) is 6.04 Å². The lowest BCUT2D eigenvalue weighted by Gasteiger charge is -2.37. The topological polar surface area (TPSA) is 36.3 Å². The fourth-order valence-corrected chi connectivity index (χ4v) is 2.45. The molecule has 1 unspecified atom stereocenters. The van der Waals surface area contributed by atoms with Crippen molar-refractivity contribution in [1.29, 1.82) is 0 Å². The van der Waals surface area contributed by atoms with Crippen molar-refractivity contribution < 1.29 is 0 Å². The monoisotopic (exact) mass is 251 g/mol. The number of piperazine rings is 1. The van der Waals surface area contributed by atoms with Gasteiger partial charge in [-0.15, -0.1) is 0 Å². The smallest absolute Gasteiger partial charge is 0.0492 e. The minimum atomic E-state index is 0.635. The van der Waals surface area contributed by atoms with Gasteiger partial charge < -0.3 is 10.2 Å². The largest absolute Gasteiger partial charge is 0.315 e. The Labute approximate surface area is 110 Å². The highest BCUT2D eigenvalue weighted by atomic mass is 15.3. The Morgan fingerprint density at radius 3 is 2.89 bits per heavy atom. The molecule has 1 atom stereocenters. The van der Waals surface area contributed by atoms with E-state index in [1.165, 1.54) is 18.8 Å². The van der Waals surface area contributed by atoms with E-state index in [9.17, 15) is 0 Å². The van der Waals surface area contributed by atoms with Crippen LogP contribution < -0.4 is 5.32 Å². The molecule has 18 heavy (non-hydrogen) atoms. The first kappa shape index (κ1) is 13.5. The van der Waals surface area contributed by atoms with Crippen molar-refractivity contribution in [1.82, 2.24) is 24.9 Å². The minimum absolute atomic E-state index is 0.635. The van der Waals surface area contributed by atoms with Crippen molar-refractivity contribution in [3.63, 3.8) is 0 Å². The number of likely N-dealkylation sites (N-methyl/N-ethyl adjacent to an activating group) is 2. The van der Waals surface area contributed by atoms with E-state index in [1.807, 2.05) is 17.9 Å². The maximum absolute atomic E-state index is 4.18. The van der Waals surface area contributed by atoms with E-state index in [2.05, 4.69) is 40.4 Å². The first-order chi connectivity index (χ1) is 8.66. The van der Waals surface area contributed by atoms with Gasteiger partial charge in [-0.2, -0.15) is 5.10 Å². The van der Waals surface area contributed by atoms with E-state index in [-0.39, 0.29) is 0 Å². The van der Waals surface area contributed by atoms with Gasteiger partial charge in [0.1, 0.15) is 0 Å². The number of nitrogens with one attached hydrogen (secondary N) is 1. The molecule has 1 aromatic heterocycles. The molecule has 5 heteroatoms. The molecule has 1 aliphatic rings. The van der Waals surface area contributed by atoms with Gasteiger partial charge in [-0.05, 0) is 20.2 Å². The van der Waals surface area contributed by atoms with Gasteiger partial charge in [0.15, 0.2) is 0 Å². The summed E-state index contributed by atoms with van der Waals surface area (Å²) in [7, 11) is 6.43. The summed E-state index contributed by atoms with van der Waals surface area (Å²) in [5.74, 6) is 0. The SMILES string of the molecule is CN1CCN(C)C(CNCCc2ccnn2C)C1. The van der Waals surface area contributed by atoms with Crippen LogP contribution in [0.2, 0.25) is 0 Å². The molecule has 1 N–H and O–H groups in total. The predicted molar refractivity (Wildman–Crippen MR) is 73.7 cm³/mol. The van der Waals surface area contributed by atoms with Gasteiger partial charge in [-0.1, -0.05) is 0 Å². The van der Waals surface area contributed by atoms with Gasteiger partial charge in [0.05, 0.1) is 0 Å². The first-order valence-electron chi connectivity index (χ1n) is 6.73. The molecule has 5 nitrogen and oxygen atoms in total. The summed E-state index contributed by atoms with van der Waals surface area (Å²) < 4.78 is 1.95. The minimum Gasteiger partial charge on any atom is -0.315 e. The summed E-state index contributed by atoms with van der Waals surface area (Å²) in [6, 6.07) is 2.72. The van der Waals surface area contributed by atoms with Crippen LogP contribution in [-0.2, 0) is 13.5 Å². The Hall–Kier alpha value is -0.910. The zero-order valence-electron chi connectivity index (χ0n) is 11.8. The zero-order chi connectivity index (χ0) is 13.0. The molecular formula is C13H25N5. The van der Waals surface area contributed by atoms with E-state index in [1.54, 1.807) is 0 Å². The van der Waals surface area contributed by atoms with Crippen LogP contribution in [0, 0.1) is 0 Å². The number of aryl methyl sites for hydroxylation is 1. The predicted octanol–water partition coefficient (Wildman–Crippen LogP) is -0.202. The highest BCUT2D eigenvalue weighted by Gasteiger charge is 2.21. The van der Waals surface area contributed by atoms with Gasteiger partial charge in [0.25, 0.3) is 0 Å². The molecule has 0 aromatic carbocycles. The third-order valence-electron chi connectivity index (χ3n) is 3.84. The standard InChI is InChI=1S/C13H25N5/c1-16-8-9-17(2)13(11-16)10-14-6-4-12-5-7-15-18(12)3/h5,7,13-14H,4,6,8-11H2,1-3H3. The third kappa shape index (κ3) is 3.54. The molecule has 0 bridgehead atoms. The molecule has 0 radical (unpaired) electrons. The van der Waals surface area contributed by atoms with E-state index in [4.69, 9.17) is 0 Å². The highest BCUT2D eigenvalue weighted by Crippen LogP contribution is 2.04. The van der Waals surface area contributed by atoms with Crippen LogP contribution >= 0.6 is 0 Å². The van der Waals surface area contributed by atoms with E-state index in [0.717, 1.165) is 26.1 Å². The molecule has 2 rings (SSSR count). The van der Waals surface area contributed by atoms with Gasteiger partial charge in [-0.3, -0.25) is 9.58 Å². The van der Waals surface area contributed by atoms with E-state index < -0.39 is 0 Å². The average molecular weight is 251 g/mol. The summed E-state index contributed by atoms with van der Waals surface area (Å²) in [5.41, 5.74) is 1.29. The number of nitrogens with zero attached hydrogens (tertiary/aromatic N) is 4. The van der Waals surface area contributed by atoms with Crippen LogP contribution in [0.15, 0.2) is 12.3 Å². The van der Waals surface area contributed by atoms with Gasteiger partial charge >= 0.3 is 0 Å². The third-order valence-corrected chi connectivity index (χ3v) is 3.84. The van der Waals surface area contributed by atoms with Gasteiger partial charge in [0.2, 0.25) is 0 Å². The lowest BCUT2D eigenvalue weighted by atomic mass is 10.2. The second kappa shape index (κ2) is 6.31. The number of aromatic nitrogens is 2. The second-order valence-corrected chi connectivity index (χ2v) is 5.30. The van der Waals surface area contributed by atoms with Crippen LogP contribution in [0.5, 0.6) is 0 Å². The molecule has 0 amide bonds. The Balaban J connectivity index is 1.67. The van der Waals surface area contributed by atoms with Crippen LogP contribution in [0.25, 0.3) is 0 Å². The molecule has 0 spiro atoms. The lowest BCUT2D eigenvalue weighted by Crippen LogP contribution is -2.53. The second-order valence-electron chi connectivity index (χ2n) is 5.30. The molecule has 1 saturated heterocycles. The molecule has 102 valence electrons. The van der Waals surface area contributed by atoms with Crippen LogP contribution in [0.4, 0.5) is 0 Å². The fourth-order valence-electron chi connectivity index (χ4n) is 2.45. The fraction of sp³-hybridized carbons (Fsp3) is 0.769. The maximum Gasteiger partial charge on any atom is 0.0492 e. The highest BCUT2D eigenvalue weighted by molar-refractivity contribution is 5.00. The summed E-state index contributed by atoms with van der Waals surface area (Å²) in [5, 5.41) is 7.74. The van der Waals surface area contributed by atoms with Gasteiger partial charge in [-0.25, -0.2) is 0 Å². The normalized spacial score (nSPS) is 22.5. The van der Waals surface area contributed by atoms with Crippen LogP contribution in [0.3, 0.4) is 0 Å². The molecule has 0 saturated carbocycles. The quantitative estimate of drug-likeness (QED) is 0.735. The summed E-state index contributed by atoms with van der Waals surface area (Å²) in [4.78, 5) is 4.87. The molecule has 0 aliphatic carbocycles. The number of hydrogen-bond donors (Lipinski definition) is 1. The molecule has 1 fully saturated rings. The molecule has 1 aliphatic heterocycles. The Morgan fingerprint density at radius 1 is 1.33 bits per heavy atom. The molecule has 1 aromatic rings. The van der Waals surface area contributed by atoms with Crippen molar-refractivity contribution >= 4 is 0 Å². The maximum atomic E-state index is 4.18. The average Bonchev–Trinajstić information content (AvgIpc) is 2.75. The number of rotatable bonds is 5. The van der Waals surface area contributed by atoms with Crippen molar-refractivity contribution in [3.05, 3.63) is 18.0 Å². The van der Waals surface area contributed by atoms with Crippen molar-refractivity contribution in [2.24, 2.45) is 7.05 Å². The Kier molecular flexibility index (Phi) is 4.74. The number of hydrogen-bond acceptors (Lipinski definition) is 4. The zero-order valence-corrected chi connectivity index (χ0v) is 11.8. The Bertz CT molecular complexity index is 362. The summed E-state index contributed by atoms with van der Waals surface area (Å²) in [6.45, 7) is 5.61. The Morgan fingerprint density at radius 2 is 2.17 bits per heavy atom. The molecular weight excluding hydrogens is 226 g/mol. The van der Waals surface area contributed by atoms with E-state index >= 15 is 0 Å². The summed E-state index contributed by atoms with van der Waals surface area (Å²) in [6.07, 6.45) is 2.90. The summed E-state index contributed by atoms with van der Waals surface area (Å²) >= 11 is 0. The van der Waals surface area contributed by atoms with Crippen LogP contribution in [-0.4, -0.2) is 72.4 Å². The lowest BCUT2D eigenvalue weighted by molar-refractivity contribution is 0.113. The van der Waals surface area contributed by atoms with Crippen molar-refractivity contribution in [2.45, 2.75) is 12.5 Å². The van der Waals surface area contributed by atoms with Crippen molar-refractivity contribution in [2.75, 3.05) is 46.8 Å². The van der Waals surface area contributed by atoms with Crippen molar-refractivity contribution in [3.8, 4) is 0 Å². The molecule has 2 heterocycles. The van der Waals surface area contributed by atoms with Crippen LogP contribution in [0.1, 0.15) is 5.69 Å². The van der Waals surface area contributed by atoms with Gasteiger partial charge in [0, 0.05) is 64.1 Å². The first-order valence-corrected chi connectivity index (χ1v) is 6.73.